The van der Waals surface area contributed by atoms with Gasteiger partial charge < -0.3 is 5.11 Å². The van der Waals surface area contributed by atoms with E-state index in [1.165, 1.54) is 29.1 Å². The second-order valence-electron chi connectivity index (χ2n) is 3.16. The average molecular weight is 274 g/mol. The molecular weight excluding hydrogens is 264 g/mol. The van der Waals surface area contributed by atoms with E-state index in [4.69, 9.17) is 5.11 Å². The molecule has 92 valence electrons. The molecule has 0 radical (unpaired) electrons. The molecule has 0 unspecified atom stereocenters. The number of sulfonamides is 1. The molecule has 0 saturated heterocycles. The van der Waals surface area contributed by atoms with Crippen LogP contribution in [0.3, 0.4) is 0 Å². The fraction of sp³-hybridized carbons (Fsp3) is 0.250. The molecule has 0 atom stereocenters. The van der Waals surface area contributed by atoms with Crippen LogP contribution in [0.1, 0.15) is 10.7 Å². The number of hydrogen-bond donors (Lipinski definition) is 3. The number of hydrogen-bond acceptors (Lipinski definition) is 6. The summed E-state index contributed by atoms with van der Waals surface area (Å²) in [4.78, 5) is 4.55. The minimum absolute atomic E-state index is 0.0483. The first-order chi connectivity index (χ1) is 8.12. The third-order valence-electron chi connectivity index (χ3n) is 1.99. The molecule has 17 heavy (non-hydrogen) atoms. The van der Waals surface area contributed by atoms with Crippen LogP contribution in [0.15, 0.2) is 22.7 Å². The van der Waals surface area contributed by atoms with E-state index in [9.17, 15) is 8.42 Å². The van der Waals surface area contributed by atoms with Crippen LogP contribution >= 0.6 is 11.3 Å². The van der Waals surface area contributed by atoms with Gasteiger partial charge in [-0.25, -0.2) is 18.1 Å². The van der Waals surface area contributed by atoms with Crippen molar-refractivity contribution in [3.63, 3.8) is 0 Å². The first-order valence-electron chi connectivity index (χ1n) is 4.64. The van der Waals surface area contributed by atoms with Gasteiger partial charge in [0.25, 0.3) is 0 Å². The molecule has 2 aromatic heterocycles. The largest absolute Gasteiger partial charge is 0.391 e. The highest BCUT2D eigenvalue weighted by atomic mass is 32.2. The van der Waals surface area contributed by atoms with E-state index in [-0.39, 0.29) is 18.0 Å². The van der Waals surface area contributed by atoms with Crippen molar-refractivity contribution < 1.29 is 13.5 Å². The molecule has 0 amide bonds. The highest BCUT2D eigenvalue weighted by Crippen LogP contribution is 2.19. The van der Waals surface area contributed by atoms with Crippen molar-refractivity contribution in [1.29, 1.82) is 0 Å². The van der Waals surface area contributed by atoms with Crippen LogP contribution in [0.4, 0.5) is 0 Å². The molecule has 0 bridgehead atoms. The zero-order valence-electron chi connectivity index (χ0n) is 8.62. The van der Waals surface area contributed by atoms with Gasteiger partial charge in [0.2, 0.25) is 10.0 Å². The average Bonchev–Trinajstić information content (AvgIpc) is 2.98. The second kappa shape index (κ2) is 4.92. The van der Waals surface area contributed by atoms with Crippen molar-refractivity contribution in [2.75, 3.05) is 0 Å². The van der Waals surface area contributed by atoms with E-state index >= 15 is 0 Å². The number of thiophene rings is 1. The van der Waals surface area contributed by atoms with E-state index in [0.717, 1.165) is 0 Å². The third-order valence-corrected chi connectivity index (χ3v) is 4.44. The quantitative estimate of drug-likeness (QED) is 0.702. The number of nitrogens with zero attached hydrogens (tertiary/aromatic N) is 2. The molecule has 2 heterocycles. The molecule has 3 N–H and O–H groups in total. The van der Waals surface area contributed by atoms with Crippen molar-refractivity contribution in [2.24, 2.45) is 0 Å². The van der Waals surface area contributed by atoms with Gasteiger partial charge in [0.15, 0.2) is 0 Å². The Kier molecular flexibility index (Phi) is 3.52. The van der Waals surface area contributed by atoms with Gasteiger partial charge in [-0.15, -0.1) is 11.3 Å². The molecule has 0 fully saturated rings. The molecule has 0 aliphatic rings. The van der Waals surface area contributed by atoms with Crippen LogP contribution in [0, 0.1) is 0 Å². The number of rotatable bonds is 5. The van der Waals surface area contributed by atoms with Crippen LogP contribution < -0.4 is 4.72 Å². The molecule has 0 aliphatic carbocycles. The maximum atomic E-state index is 11.8. The van der Waals surface area contributed by atoms with E-state index in [2.05, 4.69) is 19.9 Å². The first-order valence-corrected chi connectivity index (χ1v) is 7.00. The van der Waals surface area contributed by atoms with Crippen LogP contribution in [-0.2, 0) is 23.2 Å². The Bertz CT molecular complexity index is 576. The lowest BCUT2D eigenvalue weighted by molar-refractivity contribution is 0.285. The SMILES string of the molecule is O=S(=O)(NCc1ncn[nH]1)c1csc(CO)c1. The minimum Gasteiger partial charge on any atom is -0.391 e. The molecule has 9 heteroatoms. The Morgan fingerprint density at radius 2 is 2.35 bits per heavy atom. The Balaban J connectivity index is 2.08. The smallest absolute Gasteiger partial charge is 0.241 e. The van der Waals surface area contributed by atoms with Gasteiger partial charge in [-0.05, 0) is 6.07 Å². The molecule has 0 saturated carbocycles. The lowest BCUT2D eigenvalue weighted by Gasteiger charge is -2.01. The lowest BCUT2D eigenvalue weighted by atomic mass is 10.5. The van der Waals surface area contributed by atoms with Crippen LogP contribution in [0.5, 0.6) is 0 Å². The fourth-order valence-electron chi connectivity index (χ4n) is 1.15. The third kappa shape index (κ3) is 2.88. The van der Waals surface area contributed by atoms with Crippen molar-refractivity contribution in [3.05, 3.63) is 28.5 Å². The molecule has 2 aromatic rings. The Morgan fingerprint density at radius 1 is 1.53 bits per heavy atom. The predicted octanol–water partition coefficient (Wildman–Crippen LogP) is -0.163. The normalized spacial score (nSPS) is 11.8. The molecular formula is C8H10N4O3S2. The minimum atomic E-state index is -3.56. The topological polar surface area (TPSA) is 108 Å². The van der Waals surface area contributed by atoms with Gasteiger partial charge >= 0.3 is 0 Å². The summed E-state index contributed by atoms with van der Waals surface area (Å²) in [6, 6.07) is 1.44. The summed E-state index contributed by atoms with van der Waals surface area (Å²) < 4.78 is 26.0. The fourth-order valence-corrected chi connectivity index (χ4v) is 3.27. The van der Waals surface area contributed by atoms with Crippen molar-refractivity contribution >= 4 is 21.4 Å². The summed E-state index contributed by atoms with van der Waals surface area (Å²) in [6.45, 7) is -0.116. The van der Waals surface area contributed by atoms with E-state index in [1.807, 2.05) is 0 Å². The second-order valence-corrected chi connectivity index (χ2v) is 5.93. The van der Waals surface area contributed by atoms with Gasteiger partial charge in [0.05, 0.1) is 18.0 Å². The molecule has 0 aromatic carbocycles. The van der Waals surface area contributed by atoms with E-state index in [0.29, 0.717) is 10.7 Å². The zero-order valence-corrected chi connectivity index (χ0v) is 10.3. The number of nitrogens with one attached hydrogen (secondary N) is 2. The summed E-state index contributed by atoms with van der Waals surface area (Å²) >= 11 is 1.19. The van der Waals surface area contributed by atoms with Crippen LogP contribution in [0.25, 0.3) is 0 Å². The van der Waals surface area contributed by atoms with E-state index in [1.54, 1.807) is 0 Å². The number of aliphatic hydroxyl groups is 1. The maximum absolute atomic E-state index is 11.8. The highest BCUT2D eigenvalue weighted by Gasteiger charge is 2.16. The van der Waals surface area contributed by atoms with Gasteiger partial charge in [-0.3, -0.25) is 5.10 Å². The Labute approximate surface area is 102 Å². The first kappa shape index (κ1) is 12.2. The monoisotopic (exact) mass is 274 g/mol. The maximum Gasteiger partial charge on any atom is 0.241 e. The number of H-pyrrole nitrogens is 1. The number of aromatic amines is 1. The van der Waals surface area contributed by atoms with Gasteiger partial charge in [-0.1, -0.05) is 0 Å². The molecule has 0 spiro atoms. The highest BCUT2D eigenvalue weighted by molar-refractivity contribution is 7.89. The number of aromatic nitrogens is 3. The summed E-state index contributed by atoms with van der Waals surface area (Å²) in [6.07, 6.45) is 1.30. The predicted molar refractivity (Wildman–Crippen MR) is 60.7 cm³/mol. The van der Waals surface area contributed by atoms with Gasteiger partial charge in [0.1, 0.15) is 12.2 Å². The van der Waals surface area contributed by atoms with Crippen LogP contribution in [-0.4, -0.2) is 28.7 Å². The van der Waals surface area contributed by atoms with Crippen LogP contribution in [0.2, 0.25) is 0 Å². The van der Waals surface area contributed by atoms with Crippen molar-refractivity contribution in [1.82, 2.24) is 19.9 Å². The summed E-state index contributed by atoms with van der Waals surface area (Å²) in [5, 5.41) is 16.5. The van der Waals surface area contributed by atoms with Gasteiger partial charge in [0, 0.05) is 10.3 Å². The standard InChI is InChI=1S/C8H10N4O3S2/c13-3-6-1-7(4-16-6)17(14,15)11-2-8-9-5-10-12-8/h1,4-5,11,13H,2-3H2,(H,9,10,12). The van der Waals surface area contributed by atoms with Crippen molar-refractivity contribution in [3.8, 4) is 0 Å². The van der Waals surface area contributed by atoms with E-state index < -0.39 is 10.0 Å². The number of aliphatic hydroxyl groups excluding tert-OH is 1. The lowest BCUT2D eigenvalue weighted by Crippen LogP contribution is -2.23. The van der Waals surface area contributed by atoms with Crippen molar-refractivity contribution in [2.45, 2.75) is 18.0 Å². The Hall–Kier alpha value is -1.29. The molecule has 0 aliphatic heterocycles. The Morgan fingerprint density at radius 3 is 2.94 bits per heavy atom. The van der Waals surface area contributed by atoms with Gasteiger partial charge in [-0.2, -0.15) is 5.10 Å². The summed E-state index contributed by atoms with van der Waals surface area (Å²) in [5.74, 6) is 0.436. The summed E-state index contributed by atoms with van der Waals surface area (Å²) in [5.41, 5.74) is 0. The zero-order chi connectivity index (χ0) is 12.3. The molecule has 2 rings (SSSR count). The summed E-state index contributed by atoms with van der Waals surface area (Å²) in [7, 11) is -3.56. The molecule has 7 nitrogen and oxygen atoms in total.